The number of carboxylic acids is 1. The van der Waals surface area contributed by atoms with E-state index in [-0.39, 0.29) is 28.4 Å². The smallest absolute Gasteiger partial charge is 0.341 e. The SMILES string of the molecule is Cc1noc(-c2ccc(Br)c(CF)n2)c1C(=O)O. The lowest BCUT2D eigenvalue weighted by Crippen LogP contribution is -2.00. The zero-order valence-corrected chi connectivity index (χ0v) is 10.9. The van der Waals surface area contributed by atoms with Crippen LogP contribution >= 0.6 is 15.9 Å². The van der Waals surface area contributed by atoms with Gasteiger partial charge in [-0.1, -0.05) is 5.16 Å². The van der Waals surface area contributed by atoms with Gasteiger partial charge in [0.25, 0.3) is 0 Å². The lowest BCUT2D eigenvalue weighted by Gasteiger charge is -2.02. The Balaban J connectivity index is 2.59. The van der Waals surface area contributed by atoms with Crippen molar-refractivity contribution < 1.29 is 18.8 Å². The molecular weight excluding hydrogens is 307 g/mol. The van der Waals surface area contributed by atoms with E-state index in [0.717, 1.165) is 0 Å². The van der Waals surface area contributed by atoms with Crippen LogP contribution in [0.1, 0.15) is 21.7 Å². The summed E-state index contributed by atoms with van der Waals surface area (Å²) in [4.78, 5) is 15.1. The number of nitrogens with zero attached hydrogens (tertiary/aromatic N) is 2. The Hall–Kier alpha value is -1.76. The molecular formula is C11H8BrFN2O3. The van der Waals surface area contributed by atoms with Gasteiger partial charge in [0, 0.05) is 4.47 Å². The van der Waals surface area contributed by atoms with Gasteiger partial charge in [-0.15, -0.1) is 0 Å². The Morgan fingerprint density at radius 3 is 2.89 bits per heavy atom. The van der Waals surface area contributed by atoms with Gasteiger partial charge in [0.05, 0.1) is 11.4 Å². The van der Waals surface area contributed by atoms with Crippen LogP contribution < -0.4 is 0 Å². The lowest BCUT2D eigenvalue weighted by atomic mass is 10.1. The van der Waals surface area contributed by atoms with Gasteiger partial charge < -0.3 is 9.63 Å². The molecule has 7 heteroatoms. The zero-order valence-electron chi connectivity index (χ0n) is 9.28. The summed E-state index contributed by atoms with van der Waals surface area (Å²) in [6, 6.07) is 3.12. The molecule has 18 heavy (non-hydrogen) atoms. The summed E-state index contributed by atoms with van der Waals surface area (Å²) < 4.78 is 18.2. The van der Waals surface area contributed by atoms with Crippen LogP contribution in [-0.4, -0.2) is 21.2 Å². The molecule has 0 aromatic carbocycles. The second-order valence-electron chi connectivity index (χ2n) is 3.54. The Bertz CT molecular complexity index is 612. The lowest BCUT2D eigenvalue weighted by molar-refractivity contribution is 0.0696. The Morgan fingerprint density at radius 2 is 2.28 bits per heavy atom. The second-order valence-corrected chi connectivity index (χ2v) is 4.39. The largest absolute Gasteiger partial charge is 0.477 e. The fraction of sp³-hybridized carbons (Fsp3) is 0.182. The number of aromatic carboxylic acids is 1. The van der Waals surface area contributed by atoms with E-state index in [1.54, 1.807) is 6.07 Å². The van der Waals surface area contributed by atoms with Crippen LogP contribution in [0.3, 0.4) is 0 Å². The minimum absolute atomic E-state index is 0.0298. The maximum absolute atomic E-state index is 12.7. The Kier molecular flexibility index (Phi) is 3.42. The molecule has 0 unspecified atom stereocenters. The van der Waals surface area contributed by atoms with Gasteiger partial charge in [-0.2, -0.15) is 0 Å². The van der Waals surface area contributed by atoms with Crippen LogP contribution in [-0.2, 0) is 6.67 Å². The number of aromatic nitrogens is 2. The number of carbonyl (C=O) groups is 1. The van der Waals surface area contributed by atoms with E-state index in [4.69, 9.17) is 9.63 Å². The summed E-state index contributed by atoms with van der Waals surface area (Å²) in [6.45, 7) is 0.759. The molecule has 0 aliphatic heterocycles. The van der Waals surface area contributed by atoms with Gasteiger partial charge in [-0.05, 0) is 35.0 Å². The van der Waals surface area contributed by atoms with Gasteiger partial charge >= 0.3 is 5.97 Å². The number of hydrogen-bond acceptors (Lipinski definition) is 4. The third-order valence-electron chi connectivity index (χ3n) is 2.35. The molecule has 0 fully saturated rings. The van der Waals surface area contributed by atoms with Crippen molar-refractivity contribution in [3.8, 4) is 11.5 Å². The number of pyridine rings is 1. The van der Waals surface area contributed by atoms with Crippen molar-refractivity contribution in [3.05, 3.63) is 33.6 Å². The monoisotopic (exact) mass is 314 g/mol. The first-order valence-electron chi connectivity index (χ1n) is 4.96. The van der Waals surface area contributed by atoms with Gasteiger partial charge in [0.15, 0.2) is 5.76 Å². The molecule has 94 valence electrons. The molecule has 0 amide bonds. The van der Waals surface area contributed by atoms with Crippen LogP contribution in [0.5, 0.6) is 0 Å². The number of halogens is 2. The first-order valence-corrected chi connectivity index (χ1v) is 5.75. The van der Waals surface area contributed by atoms with E-state index < -0.39 is 12.6 Å². The fourth-order valence-corrected chi connectivity index (χ4v) is 1.83. The average Bonchev–Trinajstić information content (AvgIpc) is 2.72. The van der Waals surface area contributed by atoms with E-state index in [1.807, 2.05) is 0 Å². The minimum Gasteiger partial charge on any atom is -0.477 e. The van der Waals surface area contributed by atoms with E-state index in [0.29, 0.717) is 4.47 Å². The Morgan fingerprint density at radius 1 is 1.56 bits per heavy atom. The van der Waals surface area contributed by atoms with Crippen LogP contribution in [0.15, 0.2) is 21.1 Å². The maximum atomic E-state index is 12.7. The Labute approximate surface area is 110 Å². The van der Waals surface area contributed by atoms with Crippen molar-refractivity contribution in [3.63, 3.8) is 0 Å². The molecule has 1 N–H and O–H groups in total. The highest BCUT2D eigenvalue weighted by Crippen LogP contribution is 2.27. The van der Waals surface area contributed by atoms with Crippen LogP contribution in [0.25, 0.3) is 11.5 Å². The highest BCUT2D eigenvalue weighted by Gasteiger charge is 2.22. The molecule has 5 nitrogen and oxygen atoms in total. The van der Waals surface area contributed by atoms with Gasteiger partial charge in [0.2, 0.25) is 0 Å². The van der Waals surface area contributed by atoms with Gasteiger partial charge in [-0.25, -0.2) is 14.2 Å². The molecule has 2 rings (SSSR count). The quantitative estimate of drug-likeness (QED) is 0.942. The summed E-state index contributed by atoms with van der Waals surface area (Å²) in [5.41, 5.74) is 0.611. The van der Waals surface area contributed by atoms with Crippen molar-refractivity contribution in [1.29, 1.82) is 0 Å². The summed E-state index contributed by atoms with van der Waals surface area (Å²) in [5.74, 6) is -1.13. The van der Waals surface area contributed by atoms with Crippen molar-refractivity contribution in [2.75, 3.05) is 0 Å². The molecule has 0 aliphatic carbocycles. The molecule has 0 saturated carbocycles. The first-order chi connectivity index (χ1) is 8.54. The van der Waals surface area contributed by atoms with Crippen molar-refractivity contribution in [1.82, 2.24) is 10.1 Å². The van der Waals surface area contributed by atoms with Crippen LogP contribution in [0.4, 0.5) is 4.39 Å². The minimum atomic E-state index is -1.16. The number of carboxylic acid groups (broad SMARTS) is 1. The molecule has 2 heterocycles. The first kappa shape index (κ1) is 12.7. The molecule has 2 aromatic rings. The summed E-state index contributed by atoms with van der Waals surface area (Å²) >= 11 is 3.15. The summed E-state index contributed by atoms with van der Waals surface area (Å²) in [5, 5.41) is 12.7. The topological polar surface area (TPSA) is 76.2 Å². The highest BCUT2D eigenvalue weighted by atomic mass is 79.9. The predicted molar refractivity (Wildman–Crippen MR) is 63.9 cm³/mol. The normalized spacial score (nSPS) is 10.6. The molecule has 0 saturated heterocycles. The van der Waals surface area contributed by atoms with Crippen molar-refractivity contribution in [2.45, 2.75) is 13.6 Å². The standard InChI is InChI=1S/C11H8BrFN2O3/c1-5-9(11(16)17)10(18-15-5)7-3-2-6(12)8(4-13)14-7/h2-3H,4H2,1H3,(H,16,17). The van der Waals surface area contributed by atoms with Crippen LogP contribution in [0.2, 0.25) is 0 Å². The van der Waals surface area contributed by atoms with E-state index in [1.165, 1.54) is 13.0 Å². The fourth-order valence-electron chi connectivity index (χ4n) is 1.50. The average molecular weight is 315 g/mol. The van der Waals surface area contributed by atoms with E-state index in [9.17, 15) is 9.18 Å². The highest BCUT2D eigenvalue weighted by molar-refractivity contribution is 9.10. The van der Waals surface area contributed by atoms with Gasteiger partial charge in [0.1, 0.15) is 17.9 Å². The molecule has 0 radical (unpaired) electrons. The summed E-state index contributed by atoms with van der Waals surface area (Å²) in [7, 11) is 0. The van der Waals surface area contributed by atoms with E-state index in [2.05, 4.69) is 26.1 Å². The predicted octanol–water partition coefficient (Wildman–Crippen LogP) is 2.98. The van der Waals surface area contributed by atoms with Crippen molar-refractivity contribution >= 4 is 21.9 Å². The zero-order chi connectivity index (χ0) is 13.3. The number of hydrogen-bond donors (Lipinski definition) is 1. The molecule has 0 atom stereocenters. The second kappa shape index (κ2) is 4.85. The molecule has 0 spiro atoms. The molecule has 0 bridgehead atoms. The number of alkyl halides is 1. The maximum Gasteiger partial charge on any atom is 0.341 e. The van der Waals surface area contributed by atoms with Crippen LogP contribution in [0, 0.1) is 6.92 Å². The molecule has 0 aliphatic rings. The van der Waals surface area contributed by atoms with E-state index >= 15 is 0 Å². The van der Waals surface area contributed by atoms with Crippen molar-refractivity contribution in [2.24, 2.45) is 0 Å². The third-order valence-corrected chi connectivity index (χ3v) is 3.08. The third kappa shape index (κ3) is 2.13. The number of aryl methyl sites for hydroxylation is 1. The van der Waals surface area contributed by atoms with Gasteiger partial charge in [-0.3, -0.25) is 0 Å². The number of rotatable bonds is 3. The molecule has 2 aromatic heterocycles. The summed E-state index contributed by atoms with van der Waals surface area (Å²) in [6.07, 6.45) is 0.